The molecule has 0 aromatic rings. The number of fused-ring (bicyclic) bond motifs is 3. The lowest BCUT2D eigenvalue weighted by atomic mass is 9.92. The lowest BCUT2D eigenvalue weighted by Gasteiger charge is -2.33. The molecular weight excluding hydrogens is 170 g/mol. The van der Waals surface area contributed by atoms with Crippen LogP contribution in [-0.4, -0.2) is 24.0 Å². The number of hydrogen-bond donors (Lipinski definition) is 0. The van der Waals surface area contributed by atoms with E-state index in [4.69, 9.17) is 0 Å². The van der Waals surface area contributed by atoms with Crippen LogP contribution < -0.4 is 0 Å². The predicted octanol–water partition coefficient (Wildman–Crippen LogP) is 3.07. The van der Waals surface area contributed by atoms with Crippen LogP contribution in [0.15, 0.2) is 12.2 Å². The van der Waals surface area contributed by atoms with Gasteiger partial charge in [-0.05, 0) is 57.9 Å². The Hall–Kier alpha value is -0.300. The highest BCUT2D eigenvalue weighted by molar-refractivity contribution is 4.96. The van der Waals surface area contributed by atoms with E-state index in [1.165, 1.54) is 38.8 Å². The predicted molar refractivity (Wildman–Crippen MR) is 61.3 cm³/mol. The maximum absolute atomic E-state index is 2.67. The molecule has 0 aromatic heterocycles. The highest BCUT2D eigenvalue weighted by Crippen LogP contribution is 2.28. The van der Waals surface area contributed by atoms with Crippen LogP contribution in [0.4, 0.5) is 0 Å². The SMILES string of the molecule is CC(C)N1CCC2C=CCC(CC2)C1. The Morgan fingerprint density at radius 3 is 2.86 bits per heavy atom. The molecule has 1 aliphatic carbocycles. The first-order valence-electron chi connectivity index (χ1n) is 6.16. The molecular formula is C13H23N. The van der Waals surface area contributed by atoms with Gasteiger partial charge in [0.2, 0.25) is 0 Å². The molecule has 0 N–H and O–H groups in total. The molecule has 0 aromatic carbocycles. The van der Waals surface area contributed by atoms with Gasteiger partial charge in [0.25, 0.3) is 0 Å². The minimum Gasteiger partial charge on any atom is -0.301 e. The van der Waals surface area contributed by atoms with Gasteiger partial charge in [0, 0.05) is 12.6 Å². The summed E-state index contributed by atoms with van der Waals surface area (Å²) >= 11 is 0. The van der Waals surface area contributed by atoms with Crippen LogP contribution in [-0.2, 0) is 0 Å². The molecule has 0 radical (unpaired) electrons. The van der Waals surface area contributed by atoms with Crippen molar-refractivity contribution in [2.45, 2.75) is 45.6 Å². The molecule has 2 aliphatic rings. The summed E-state index contributed by atoms with van der Waals surface area (Å²) in [6.07, 6.45) is 10.5. The standard InChI is InChI=1S/C13H23N/c1-11(2)14-9-8-12-4-3-5-13(10-14)7-6-12/h3-4,11-13H,5-10H2,1-2H3. The summed E-state index contributed by atoms with van der Waals surface area (Å²) in [7, 11) is 0. The van der Waals surface area contributed by atoms with Crippen molar-refractivity contribution in [2.75, 3.05) is 13.1 Å². The smallest absolute Gasteiger partial charge is 0.00387 e. The molecule has 1 heteroatoms. The molecule has 1 nitrogen and oxygen atoms in total. The number of likely N-dealkylation sites (tertiary alicyclic amines) is 1. The molecule has 80 valence electrons. The van der Waals surface area contributed by atoms with E-state index in [9.17, 15) is 0 Å². The van der Waals surface area contributed by atoms with Gasteiger partial charge in [-0.15, -0.1) is 0 Å². The van der Waals surface area contributed by atoms with Gasteiger partial charge in [-0.3, -0.25) is 0 Å². The fourth-order valence-electron chi connectivity index (χ4n) is 2.76. The summed E-state index contributed by atoms with van der Waals surface area (Å²) in [6.45, 7) is 7.30. The monoisotopic (exact) mass is 193 g/mol. The van der Waals surface area contributed by atoms with Crippen molar-refractivity contribution in [3.8, 4) is 0 Å². The van der Waals surface area contributed by atoms with Crippen molar-refractivity contribution in [3.05, 3.63) is 12.2 Å². The van der Waals surface area contributed by atoms with Crippen LogP contribution in [0.5, 0.6) is 0 Å². The lowest BCUT2D eigenvalue weighted by molar-refractivity contribution is 0.158. The molecule has 1 aliphatic heterocycles. The van der Waals surface area contributed by atoms with Gasteiger partial charge in [0.15, 0.2) is 0 Å². The van der Waals surface area contributed by atoms with E-state index in [0.29, 0.717) is 0 Å². The molecule has 0 spiro atoms. The quantitative estimate of drug-likeness (QED) is 0.578. The van der Waals surface area contributed by atoms with E-state index in [1.807, 2.05) is 0 Å². The fraction of sp³-hybridized carbons (Fsp3) is 0.846. The van der Waals surface area contributed by atoms with E-state index in [2.05, 4.69) is 30.9 Å². The summed E-state index contributed by atoms with van der Waals surface area (Å²) in [6, 6.07) is 0.731. The first kappa shape index (κ1) is 10.2. The third-order valence-corrected chi connectivity index (χ3v) is 3.83. The van der Waals surface area contributed by atoms with Crippen LogP contribution in [0.2, 0.25) is 0 Å². The minimum absolute atomic E-state index is 0.731. The molecule has 2 bridgehead atoms. The Morgan fingerprint density at radius 1 is 1.21 bits per heavy atom. The van der Waals surface area contributed by atoms with Crippen LogP contribution in [0.3, 0.4) is 0 Å². The van der Waals surface area contributed by atoms with E-state index in [-0.39, 0.29) is 0 Å². The van der Waals surface area contributed by atoms with Crippen LogP contribution in [0.1, 0.15) is 39.5 Å². The average molecular weight is 193 g/mol. The molecule has 2 unspecified atom stereocenters. The number of rotatable bonds is 1. The van der Waals surface area contributed by atoms with Crippen molar-refractivity contribution >= 4 is 0 Å². The Balaban J connectivity index is 2.04. The van der Waals surface area contributed by atoms with Crippen molar-refractivity contribution in [1.82, 2.24) is 4.90 Å². The van der Waals surface area contributed by atoms with Crippen molar-refractivity contribution in [3.63, 3.8) is 0 Å². The zero-order chi connectivity index (χ0) is 9.97. The third kappa shape index (κ3) is 2.38. The van der Waals surface area contributed by atoms with Crippen LogP contribution in [0, 0.1) is 11.8 Å². The molecule has 1 saturated heterocycles. The van der Waals surface area contributed by atoms with Crippen LogP contribution in [0.25, 0.3) is 0 Å². The van der Waals surface area contributed by atoms with Crippen molar-refractivity contribution in [2.24, 2.45) is 11.8 Å². The first-order chi connectivity index (χ1) is 6.75. The molecule has 1 fully saturated rings. The zero-order valence-electron chi connectivity index (χ0n) is 9.58. The van der Waals surface area contributed by atoms with E-state index in [1.54, 1.807) is 0 Å². The Kier molecular flexibility index (Phi) is 3.27. The summed E-state index contributed by atoms with van der Waals surface area (Å²) in [4.78, 5) is 2.67. The van der Waals surface area contributed by atoms with E-state index >= 15 is 0 Å². The Morgan fingerprint density at radius 2 is 2.07 bits per heavy atom. The second kappa shape index (κ2) is 4.48. The molecule has 14 heavy (non-hydrogen) atoms. The highest BCUT2D eigenvalue weighted by atomic mass is 15.1. The van der Waals surface area contributed by atoms with Gasteiger partial charge in [0.1, 0.15) is 0 Å². The molecule has 0 amide bonds. The summed E-state index contributed by atoms with van der Waals surface area (Å²) in [5.41, 5.74) is 0. The summed E-state index contributed by atoms with van der Waals surface area (Å²) in [5, 5.41) is 0. The second-order valence-corrected chi connectivity index (χ2v) is 5.24. The number of hydrogen-bond acceptors (Lipinski definition) is 1. The zero-order valence-corrected chi connectivity index (χ0v) is 9.58. The summed E-state index contributed by atoms with van der Waals surface area (Å²) in [5.74, 6) is 1.81. The van der Waals surface area contributed by atoms with Crippen molar-refractivity contribution in [1.29, 1.82) is 0 Å². The molecule has 2 atom stereocenters. The Labute approximate surface area is 88.2 Å². The lowest BCUT2D eigenvalue weighted by Crippen LogP contribution is -2.37. The maximum atomic E-state index is 2.67. The van der Waals surface area contributed by atoms with Gasteiger partial charge in [-0.2, -0.15) is 0 Å². The average Bonchev–Trinajstić information content (AvgIpc) is 2.26. The molecule has 0 saturated carbocycles. The van der Waals surface area contributed by atoms with Gasteiger partial charge < -0.3 is 4.90 Å². The second-order valence-electron chi connectivity index (χ2n) is 5.24. The molecule has 1 heterocycles. The minimum atomic E-state index is 0.731. The topological polar surface area (TPSA) is 3.24 Å². The highest BCUT2D eigenvalue weighted by Gasteiger charge is 2.23. The number of nitrogens with zero attached hydrogens (tertiary/aromatic N) is 1. The van der Waals surface area contributed by atoms with E-state index < -0.39 is 0 Å². The van der Waals surface area contributed by atoms with Gasteiger partial charge >= 0.3 is 0 Å². The molecule has 2 rings (SSSR count). The summed E-state index contributed by atoms with van der Waals surface area (Å²) < 4.78 is 0. The Bertz CT molecular complexity index is 207. The van der Waals surface area contributed by atoms with Gasteiger partial charge in [-0.25, -0.2) is 0 Å². The van der Waals surface area contributed by atoms with E-state index in [0.717, 1.165) is 17.9 Å². The first-order valence-corrected chi connectivity index (χ1v) is 6.16. The number of allylic oxidation sites excluding steroid dienone is 2. The normalized spacial score (nSPS) is 34.2. The van der Waals surface area contributed by atoms with Gasteiger partial charge in [-0.1, -0.05) is 12.2 Å². The largest absolute Gasteiger partial charge is 0.301 e. The van der Waals surface area contributed by atoms with Crippen molar-refractivity contribution < 1.29 is 0 Å². The van der Waals surface area contributed by atoms with Gasteiger partial charge in [0.05, 0.1) is 0 Å². The maximum Gasteiger partial charge on any atom is 0.00387 e. The fourth-order valence-corrected chi connectivity index (χ4v) is 2.76. The third-order valence-electron chi connectivity index (χ3n) is 3.83. The van der Waals surface area contributed by atoms with Crippen LogP contribution >= 0.6 is 0 Å².